The Labute approximate surface area is 213 Å². The molecule has 3 aliphatic heterocycles. The molecule has 1 aromatic rings. The second-order valence-electron chi connectivity index (χ2n) is 10.2. The SMILES string of the molecule is C=CCN(Cc1ccccc1)C(=O)[C@@H]1[C@@H]2CCC3(O2)C(C(=O)N(CC=C)C(C)C)N(CCO)C(=O)[C@H]13. The first-order valence-electron chi connectivity index (χ1n) is 12.7. The quantitative estimate of drug-likeness (QED) is 0.474. The molecule has 1 spiro atoms. The van der Waals surface area contributed by atoms with Crippen LogP contribution in [0, 0.1) is 11.8 Å². The zero-order chi connectivity index (χ0) is 26.0. The first-order valence-corrected chi connectivity index (χ1v) is 12.7. The molecular formula is C28H37N3O5. The van der Waals surface area contributed by atoms with Gasteiger partial charge in [-0.05, 0) is 32.3 Å². The third-order valence-corrected chi connectivity index (χ3v) is 7.77. The zero-order valence-electron chi connectivity index (χ0n) is 21.2. The Kier molecular flexibility index (Phi) is 7.66. The molecule has 5 atom stereocenters. The van der Waals surface area contributed by atoms with Crippen LogP contribution in [0.2, 0.25) is 0 Å². The normalized spacial score (nSPS) is 28.3. The number of amides is 3. The summed E-state index contributed by atoms with van der Waals surface area (Å²) in [5.74, 6) is -2.11. The van der Waals surface area contributed by atoms with E-state index in [0.717, 1.165) is 5.56 Å². The van der Waals surface area contributed by atoms with Crippen molar-refractivity contribution in [3.05, 3.63) is 61.2 Å². The van der Waals surface area contributed by atoms with Gasteiger partial charge in [-0.25, -0.2) is 0 Å². The van der Waals surface area contributed by atoms with Gasteiger partial charge in [0.25, 0.3) is 0 Å². The lowest BCUT2D eigenvalue weighted by molar-refractivity contribution is -0.150. The number of carbonyl (C=O) groups excluding carboxylic acids is 3. The van der Waals surface area contributed by atoms with Crippen LogP contribution >= 0.6 is 0 Å². The number of carbonyl (C=O) groups is 3. The van der Waals surface area contributed by atoms with Gasteiger partial charge in [0.2, 0.25) is 17.7 Å². The van der Waals surface area contributed by atoms with Crippen LogP contribution in [0.15, 0.2) is 55.6 Å². The summed E-state index contributed by atoms with van der Waals surface area (Å²) >= 11 is 0. The molecule has 3 aliphatic rings. The zero-order valence-corrected chi connectivity index (χ0v) is 21.2. The monoisotopic (exact) mass is 495 g/mol. The van der Waals surface area contributed by atoms with E-state index in [0.29, 0.717) is 32.5 Å². The van der Waals surface area contributed by atoms with Crippen LogP contribution < -0.4 is 0 Å². The number of aliphatic hydroxyl groups excluding tert-OH is 1. The van der Waals surface area contributed by atoms with Gasteiger partial charge in [-0.15, -0.1) is 13.2 Å². The largest absolute Gasteiger partial charge is 0.395 e. The molecule has 8 heteroatoms. The van der Waals surface area contributed by atoms with E-state index in [4.69, 9.17) is 4.74 Å². The van der Waals surface area contributed by atoms with Gasteiger partial charge < -0.3 is 24.5 Å². The van der Waals surface area contributed by atoms with Crippen LogP contribution in [0.5, 0.6) is 0 Å². The fourth-order valence-electron chi connectivity index (χ4n) is 6.32. The predicted molar refractivity (Wildman–Crippen MR) is 136 cm³/mol. The standard InChI is InChI=1S/C28H37N3O5/c1-5-14-29(18-20-10-8-7-9-11-20)25(33)22-21-12-13-28(36-21)23(22)26(34)31(16-17-32)24(28)27(35)30(15-6-2)19(3)4/h5-11,19,21-24,32H,1-2,12-18H2,3-4H3/t21-,22+,23-,24?,28?/m0/s1. The first-order chi connectivity index (χ1) is 17.3. The van der Waals surface area contributed by atoms with Gasteiger partial charge in [-0.2, -0.15) is 0 Å². The molecular weight excluding hydrogens is 458 g/mol. The van der Waals surface area contributed by atoms with Crippen molar-refractivity contribution >= 4 is 17.7 Å². The van der Waals surface area contributed by atoms with E-state index in [-0.39, 0.29) is 36.9 Å². The highest BCUT2D eigenvalue weighted by molar-refractivity contribution is 5.99. The van der Waals surface area contributed by atoms with Crippen LogP contribution in [-0.2, 0) is 25.7 Å². The Bertz CT molecular complexity index is 1010. The van der Waals surface area contributed by atoms with E-state index in [1.807, 2.05) is 44.2 Å². The molecule has 1 aromatic carbocycles. The number of hydrogen-bond acceptors (Lipinski definition) is 5. The van der Waals surface area contributed by atoms with E-state index < -0.39 is 29.6 Å². The summed E-state index contributed by atoms with van der Waals surface area (Å²) in [7, 11) is 0. The lowest BCUT2D eigenvalue weighted by Gasteiger charge is -2.38. The fourth-order valence-corrected chi connectivity index (χ4v) is 6.32. The molecule has 0 saturated carbocycles. The third-order valence-electron chi connectivity index (χ3n) is 7.77. The molecule has 4 rings (SSSR count). The molecule has 1 N–H and O–H groups in total. The second-order valence-corrected chi connectivity index (χ2v) is 10.2. The Hall–Kier alpha value is -2.97. The van der Waals surface area contributed by atoms with E-state index >= 15 is 0 Å². The van der Waals surface area contributed by atoms with Gasteiger partial charge in [-0.3, -0.25) is 14.4 Å². The van der Waals surface area contributed by atoms with Crippen LogP contribution in [0.4, 0.5) is 0 Å². The first kappa shape index (κ1) is 26.1. The molecule has 194 valence electrons. The molecule has 0 radical (unpaired) electrons. The molecule has 3 fully saturated rings. The van der Waals surface area contributed by atoms with Gasteiger partial charge in [0.05, 0.1) is 24.5 Å². The molecule has 0 aliphatic carbocycles. The van der Waals surface area contributed by atoms with E-state index in [9.17, 15) is 19.5 Å². The molecule has 3 amide bonds. The van der Waals surface area contributed by atoms with E-state index in [2.05, 4.69) is 13.2 Å². The number of β-amino-alcohol motifs (C(OH)–C–C–N with tert-alkyl or cyclic N) is 1. The second kappa shape index (κ2) is 10.6. The van der Waals surface area contributed by atoms with Crippen molar-refractivity contribution in [2.45, 2.75) is 57.0 Å². The summed E-state index contributed by atoms with van der Waals surface area (Å²) in [6.45, 7) is 12.2. The number of benzene rings is 1. The molecule has 2 bridgehead atoms. The van der Waals surface area contributed by atoms with Crippen LogP contribution in [-0.4, -0.2) is 87.6 Å². The Morgan fingerprint density at radius 1 is 1.19 bits per heavy atom. The van der Waals surface area contributed by atoms with Crippen LogP contribution in [0.3, 0.4) is 0 Å². The van der Waals surface area contributed by atoms with Crippen molar-refractivity contribution in [1.82, 2.24) is 14.7 Å². The maximum atomic E-state index is 14.0. The van der Waals surface area contributed by atoms with Crippen molar-refractivity contribution < 1.29 is 24.2 Å². The number of likely N-dealkylation sites (tertiary alicyclic amines) is 1. The minimum Gasteiger partial charge on any atom is -0.395 e. The third kappa shape index (κ3) is 4.26. The topological polar surface area (TPSA) is 90.4 Å². The van der Waals surface area contributed by atoms with Gasteiger partial charge >= 0.3 is 0 Å². The summed E-state index contributed by atoms with van der Waals surface area (Å²) in [6, 6.07) is 8.70. The summed E-state index contributed by atoms with van der Waals surface area (Å²) in [4.78, 5) is 46.5. The van der Waals surface area contributed by atoms with Gasteiger partial charge in [-0.1, -0.05) is 42.5 Å². The summed E-state index contributed by atoms with van der Waals surface area (Å²) in [5.41, 5.74) is -0.0916. The van der Waals surface area contributed by atoms with Gasteiger partial charge in [0.1, 0.15) is 11.6 Å². The summed E-state index contributed by atoms with van der Waals surface area (Å²) < 4.78 is 6.49. The fraction of sp³-hybridized carbons (Fsp3) is 0.536. The number of aliphatic hydroxyl groups is 1. The number of fused-ring (bicyclic) bond motifs is 1. The Morgan fingerprint density at radius 2 is 1.89 bits per heavy atom. The van der Waals surface area contributed by atoms with Gasteiger partial charge in [0, 0.05) is 32.2 Å². The number of rotatable bonds is 11. The van der Waals surface area contributed by atoms with E-state index in [1.54, 1.807) is 22.0 Å². The lowest BCUT2D eigenvalue weighted by Crippen LogP contribution is -2.57. The molecule has 3 heterocycles. The number of hydrogen-bond donors (Lipinski definition) is 1. The van der Waals surface area contributed by atoms with Crippen molar-refractivity contribution in [2.75, 3.05) is 26.2 Å². The molecule has 8 nitrogen and oxygen atoms in total. The average molecular weight is 496 g/mol. The molecule has 3 saturated heterocycles. The van der Waals surface area contributed by atoms with E-state index in [1.165, 1.54) is 4.90 Å². The lowest BCUT2D eigenvalue weighted by atomic mass is 9.70. The highest BCUT2D eigenvalue weighted by atomic mass is 16.5. The maximum absolute atomic E-state index is 14.0. The minimum atomic E-state index is -1.07. The molecule has 0 aromatic heterocycles. The Morgan fingerprint density at radius 3 is 2.50 bits per heavy atom. The predicted octanol–water partition coefficient (Wildman–Crippen LogP) is 1.99. The van der Waals surface area contributed by atoms with Crippen LogP contribution in [0.25, 0.3) is 0 Å². The van der Waals surface area contributed by atoms with Gasteiger partial charge in [0.15, 0.2) is 0 Å². The molecule has 2 unspecified atom stereocenters. The van der Waals surface area contributed by atoms with Crippen molar-refractivity contribution in [2.24, 2.45) is 11.8 Å². The smallest absolute Gasteiger partial charge is 0.248 e. The van der Waals surface area contributed by atoms with Crippen molar-refractivity contribution in [3.8, 4) is 0 Å². The summed E-state index contributed by atoms with van der Waals surface area (Å²) in [6.07, 6.45) is 4.05. The van der Waals surface area contributed by atoms with Crippen molar-refractivity contribution in [1.29, 1.82) is 0 Å². The Balaban J connectivity index is 1.69. The summed E-state index contributed by atoms with van der Waals surface area (Å²) in [5, 5.41) is 9.76. The maximum Gasteiger partial charge on any atom is 0.248 e. The highest BCUT2D eigenvalue weighted by Gasteiger charge is 2.74. The minimum absolute atomic E-state index is 0.0167. The molecule has 36 heavy (non-hydrogen) atoms. The van der Waals surface area contributed by atoms with Crippen LogP contribution in [0.1, 0.15) is 32.3 Å². The number of nitrogens with zero attached hydrogens (tertiary/aromatic N) is 3. The van der Waals surface area contributed by atoms with Crippen molar-refractivity contribution in [3.63, 3.8) is 0 Å². The number of ether oxygens (including phenoxy) is 1. The highest BCUT2D eigenvalue weighted by Crippen LogP contribution is 2.59. The average Bonchev–Trinajstić information content (AvgIpc) is 3.50.